The number of aromatic nitrogens is 9. The number of carbonyl (C=O) groups excluding carboxylic acids is 1. The van der Waals surface area contributed by atoms with E-state index in [1.807, 2.05) is 89.9 Å². The van der Waals surface area contributed by atoms with Gasteiger partial charge in [0.15, 0.2) is 0 Å². The Labute approximate surface area is 429 Å². The van der Waals surface area contributed by atoms with Crippen LogP contribution in [0, 0.1) is 0 Å². The number of pyridine rings is 3. The summed E-state index contributed by atoms with van der Waals surface area (Å²) < 4.78 is 14.6. The molecule has 0 unspecified atom stereocenters. The minimum atomic E-state index is -0.0738. The van der Waals surface area contributed by atoms with Gasteiger partial charge in [0.2, 0.25) is 0 Å². The van der Waals surface area contributed by atoms with Gasteiger partial charge >= 0.3 is 0 Å². The summed E-state index contributed by atoms with van der Waals surface area (Å²) in [6.45, 7) is 3.01. The Morgan fingerprint density at radius 1 is 0.500 bits per heavy atom. The van der Waals surface area contributed by atoms with Crippen molar-refractivity contribution in [2.45, 2.75) is 26.2 Å². The maximum absolute atomic E-state index is 12.9. The Hall–Kier alpha value is -9.31. The SMILES string of the molecule is CN1Cc2ccccc2-c2n[nH]c3ccnc1c23.COc1ccc(Cn2nc3c4c(nccc42)N(C)C(=O)c2ccccc2-3)cc1.COc1ccc(Cn2nc3c4c(nccc42)N(C)Cc2ccccc2-3)cc1.[B]. The van der Waals surface area contributed by atoms with Crippen molar-refractivity contribution >= 4 is 64.5 Å². The van der Waals surface area contributed by atoms with E-state index in [-0.39, 0.29) is 14.3 Å². The average molecular weight is 974 g/mol. The van der Waals surface area contributed by atoms with E-state index in [4.69, 9.17) is 19.7 Å². The highest BCUT2D eigenvalue weighted by Crippen LogP contribution is 2.42. The summed E-state index contributed by atoms with van der Waals surface area (Å²) >= 11 is 0. The first kappa shape index (κ1) is 47.0. The van der Waals surface area contributed by atoms with Crippen LogP contribution in [-0.2, 0) is 26.2 Å². The molecular formula is C58H50BN12O3. The van der Waals surface area contributed by atoms with Gasteiger partial charge in [0, 0.05) is 83.5 Å². The van der Waals surface area contributed by atoms with Gasteiger partial charge < -0.3 is 19.3 Å². The largest absolute Gasteiger partial charge is 0.497 e. The van der Waals surface area contributed by atoms with Crippen molar-refractivity contribution in [2.75, 3.05) is 50.1 Å². The molecule has 0 spiro atoms. The standard InChI is InChI=1S/C22H18N4O2.C22H20N4O.C14H12N4.B/c1-25-21-19-18(11-12-23-21)26(13-14-7-9-15(28-2)10-8-14)24-20(19)16-5-3-4-6-17(16)22(25)27;1-25-14-16-5-3-4-6-18(16)21-20-19(11-12-23-22(20)25)26(24-21)13-15-7-9-17(27-2)10-8-15;1-18-8-9-4-2-3-5-10(9)13-12-11(16-17-13)6-7-15-14(12)18;/h3-12H,13H2,1-2H3;3-12H,13-14H2,1-2H3;2-7H,8H2,1H3,(H,16,17);. The zero-order chi connectivity index (χ0) is 49.7. The number of ether oxygens (including phenoxy) is 2. The van der Waals surface area contributed by atoms with Crippen molar-refractivity contribution in [3.05, 3.63) is 186 Å². The van der Waals surface area contributed by atoms with Crippen LogP contribution >= 0.6 is 0 Å². The fourth-order valence-electron chi connectivity index (χ4n) is 10.2. The van der Waals surface area contributed by atoms with Crippen LogP contribution in [0.15, 0.2) is 158 Å². The molecule has 1 N–H and O–H groups in total. The molecule has 74 heavy (non-hydrogen) atoms. The molecule has 11 aromatic rings. The van der Waals surface area contributed by atoms with Crippen molar-refractivity contribution in [3.8, 4) is 45.3 Å². The molecule has 1 amide bonds. The van der Waals surface area contributed by atoms with Gasteiger partial charge in [-0.15, -0.1) is 0 Å². The number of nitrogens with zero attached hydrogens (tertiary/aromatic N) is 11. The molecule has 0 atom stereocenters. The minimum Gasteiger partial charge on any atom is -0.497 e. The van der Waals surface area contributed by atoms with Crippen LogP contribution in [0.2, 0.25) is 0 Å². The Bertz CT molecular complexity index is 3890. The number of carbonyl (C=O) groups is 1. The van der Waals surface area contributed by atoms with Gasteiger partial charge in [0.25, 0.3) is 5.91 Å². The Kier molecular flexibility index (Phi) is 12.3. The lowest BCUT2D eigenvalue weighted by Crippen LogP contribution is -2.26. The second-order valence-electron chi connectivity index (χ2n) is 18.3. The lowest BCUT2D eigenvalue weighted by atomic mass is 10.0. The minimum absolute atomic E-state index is 0. The molecule has 363 valence electrons. The van der Waals surface area contributed by atoms with Gasteiger partial charge in [0.1, 0.15) is 46.0 Å². The van der Waals surface area contributed by atoms with Crippen molar-refractivity contribution in [1.29, 1.82) is 0 Å². The number of aromatic amines is 1. The zero-order valence-corrected chi connectivity index (χ0v) is 41.6. The van der Waals surface area contributed by atoms with Crippen LogP contribution in [0.1, 0.15) is 32.6 Å². The number of hydrogen-bond donors (Lipinski definition) is 1. The Morgan fingerprint density at radius 3 is 1.50 bits per heavy atom. The highest BCUT2D eigenvalue weighted by Gasteiger charge is 2.30. The topological polar surface area (TPSA) is 148 Å². The third-order valence-electron chi connectivity index (χ3n) is 13.8. The molecule has 0 saturated heterocycles. The highest BCUT2D eigenvalue weighted by atomic mass is 16.5. The normalized spacial score (nSPS) is 12.8. The summed E-state index contributed by atoms with van der Waals surface area (Å²) in [6, 6.07) is 46.6. The highest BCUT2D eigenvalue weighted by molar-refractivity contribution is 6.18. The van der Waals surface area contributed by atoms with Gasteiger partial charge in [-0.25, -0.2) is 15.0 Å². The van der Waals surface area contributed by atoms with E-state index in [0.29, 0.717) is 24.5 Å². The number of hydrogen-bond acceptors (Lipinski definition) is 11. The fraction of sp³-hybridized carbons (Fsp3) is 0.155. The molecule has 3 aliphatic rings. The molecule has 3 aliphatic heterocycles. The van der Waals surface area contributed by atoms with Gasteiger partial charge in [-0.3, -0.25) is 24.2 Å². The summed E-state index contributed by atoms with van der Waals surface area (Å²) in [5.74, 6) is 4.23. The van der Waals surface area contributed by atoms with Gasteiger partial charge in [0.05, 0.1) is 60.0 Å². The van der Waals surface area contributed by atoms with Crippen LogP contribution < -0.4 is 24.2 Å². The van der Waals surface area contributed by atoms with E-state index in [0.717, 1.165) is 97.1 Å². The van der Waals surface area contributed by atoms with Gasteiger partial charge in [-0.2, -0.15) is 15.3 Å². The Balaban J connectivity index is 0.000000121. The number of H-pyrrole nitrogens is 1. The summed E-state index contributed by atoms with van der Waals surface area (Å²) in [7, 11) is 9.26. The summed E-state index contributed by atoms with van der Waals surface area (Å²) in [4.78, 5) is 32.6. The average Bonchev–Trinajstić information content (AvgIpc) is 4.09. The lowest BCUT2D eigenvalue weighted by Gasteiger charge is -2.18. The molecule has 0 bridgehead atoms. The maximum atomic E-state index is 12.9. The molecule has 5 aromatic carbocycles. The van der Waals surface area contributed by atoms with Gasteiger partial charge in [-0.05, 0) is 70.8 Å². The maximum Gasteiger partial charge on any atom is 0.259 e. The lowest BCUT2D eigenvalue weighted by molar-refractivity contribution is 0.0993. The van der Waals surface area contributed by atoms with E-state index in [1.54, 1.807) is 32.4 Å². The second-order valence-corrected chi connectivity index (χ2v) is 18.3. The second kappa shape index (κ2) is 19.4. The summed E-state index contributed by atoms with van der Waals surface area (Å²) in [5.41, 5.74) is 14.6. The van der Waals surface area contributed by atoms with Crippen LogP contribution in [0.4, 0.5) is 17.5 Å². The number of nitrogens with one attached hydrogen (secondary N) is 1. The molecule has 15 nitrogen and oxygen atoms in total. The van der Waals surface area contributed by atoms with Crippen molar-refractivity contribution in [1.82, 2.24) is 44.7 Å². The van der Waals surface area contributed by atoms with E-state index < -0.39 is 0 Å². The first-order valence-corrected chi connectivity index (χ1v) is 24.0. The molecule has 9 heterocycles. The van der Waals surface area contributed by atoms with Crippen LogP contribution in [0.5, 0.6) is 11.5 Å². The van der Waals surface area contributed by atoms with E-state index >= 15 is 0 Å². The number of anilines is 3. The first-order valence-electron chi connectivity index (χ1n) is 24.0. The third kappa shape index (κ3) is 8.19. The van der Waals surface area contributed by atoms with Crippen LogP contribution in [0.3, 0.4) is 0 Å². The number of rotatable bonds is 6. The number of fused-ring (bicyclic) bond motifs is 6. The smallest absolute Gasteiger partial charge is 0.259 e. The molecule has 16 heteroatoms. The zero-order valence-electron chi connectivity index (χ0n) is 41.6. The Morgan fingerprint density at radius 2 is 0.946 bits per heavy atom. The van der Waals surface area contributed by atoms with E-state index in [1.165, 1.54) is 27.8 Å². The van der Waals surface area contributed by atoms with Gasteiger partial charge in [-0.1, -0.05) is 91.0 Å². The predicted molar refractivity (Wildman–Crippen MR) is 292 cm³/mol. The van der Waals surface area contributed by atoms with E-state index in [2.05, 4.69) is 120 Å². The molecule has 14 rings (SSSR count). The molecule has 6 aromatic heterocycles. The monoisotopic (exact) mass is 973 g/mol. The van der Waals surface area contributed by atoms with Crippen molar-refractivity contribution < 1.29 is 14.3 Å². The first-order chi connectivity index (χ1) is 35.8. The molecular weight excluding hydrogens is 924 g/mol. The molecule has 0 fully saturated rings. The number of amides is 1. The fourth-order valence-corrected chi connectivity index (χ4v) is 10.2. The molecule has 0 aliphatic carbocycles. The van der Waals surface area contributed by atoms with Crippen molar-refractivity contribution in [2.24, 2.45) is 0 Å². The number of methoxy groups -OCH3 is 2. The third-order valence-corrected chi connectivity index (χ3v) is 13.8. The van der Waals surface area contributed by atoms with Crippen LogP contribution in [0.25, 0.3) is 66.5 Å². The molecule has 0 saturated carbocycles. The van der Waals surface area contributed by atoms with Crippen molar-refractivity contribution in [3.63, 3.8) is 0 Å². The van der Waals surface area contributed by atoms with E-state index in [9.17, 15) is 4.79 Å². The summed E-state index contributed by atoms with van der Waals surface area (Å²) in [5, 5.41) is 20.6. The molecule has 3 radical (unpaired) electrons. The quantitative estimate of drug-likeness (QED) is 0.159. The number of benzene rings is 5. The predicted octanol–water partition coefficient (Wildman–Crippen LogP) is 10.0. The van der Waals surface area contributed by atoms with Crippen LogP contribution in [-0.4, -0.2) is 94.4 Å². The summed E-state index contributed by atoms with van der Waals surface area (Å²) in [6.07, 6.45) is 5.43.